The van der Waals surface area contributed by atoms with Gasteiger partial charge in [0.25, 0.3) is 5.91 Å². The van der Waals surface area contributed by atoms with Gasteiger partial charge < -0.3 is 15.2 Å². The van der Waals surface area contributed by atoms with E-state index in [1.54, 1.807) is 12.2 Å². The molecule has 0 saturated carbocycles. The fourth-order valence-electron chi connectivity index (χ4n) is 1.89. The second kappa shape index (κ2) is 9.74. The van der Waals surface area contributed by atoms with E-state index in [1.807, 2.05) is 0 Å². The summed E-state index contributed by atoms with van der Waals surface area (Å²) in [7, 11) is -4.02. The maximum Gasteiger partial charge on any atom is 0.426 e. The predicted molar refractivity (Wildman–Crippen MR) is 97.8 cm³/mol. The maximum absolute atomic E-state index is 12.7. The van der Waals surface area contributed by atoms with Crippen LogP contribution in [0.25, 0.3) is 0 Å². The molecule has 0 saturated heterocycles. The van der Waals surface area contributed by atoms with E-state index in [2.05, 4.69) is 4.72 Å². The summed E-state index contributed by atoms with van der Waals surface area (Å²) < 4.78 is 69.4. The normalized spacial score (nSPS) is 14.2. The monoisotopic (exact) mass is 460 g/mol. The molecule has 0 radical (unpaired) electrons. The molecule has 0 aromatic heterocycles. The standard InChI is InChI=1S/C16H20ClF3N2O6S/c1-3-28-13(23)5-4-8-21-29(26,27)10-6-7-12(11(17)9-10)22-14(24)15(2,25)16(18,19)20/h6-7,9,21,25H,3-5,8H2,1-2H3,(H,22,24)/t15-/m1/s1. The van der Waals surface area contributed by atoms with Crippen LogP contribution in [-0.4, -0.2) is 50.3 Å². The summed E-state index contributed by atoms with van der Waals surface area (Å²) in [5.41, 5.74) is -3.98. The molecule has 13 heteroatoms. The number of carbonyl (C=O) groups is 2. The second-order valence-corrected chi connectivity index (χ2v) is 8.15. The number of esters is 1. The predicted octanol–water partition coefficient (Wildman–Crippen LogP) is 2.21. The fraction of sp³-hybridized carbons (Fsp3) is 0.500. The molecule has 8 nitrogen and oxygen atoms in total. The Labute approximate surface area is 170 Å². The Kier molecular flexibility index (Phi) is 8.45. The first-order valence-electron chi connectivity index (χ1n) is 8.27. The fourth-order valence-corrected chi connectivity index (χ4v) is 3.29. The molecule has 0 heterocycles. The largest absolute Gasteiger partial charge is 0.466 e. The molecular formula is C16H20ClF3N2O6S. The van der Waals surface area contributed by atoms with Crippen LogP contribution in [0.1, 0.15) is 26.7 Å². The van der Waals surface area contributed by atoms with Crippen molar-refractivity contribution >= 4 is 39.2 Å². The van der Waals surface area contributed by atoms with E-state index in [1.165, 1.54) is 0 Å². The Bertz CT molecular complexity index is 859. The van der Waals surface area contributed by atoms with Crippen LogP contribution < -0.4 is 10.0 Å². The zero-order chi connectivity index (χ0) is 22.5. The lowest BCUT2D eigenvalue weighted by atomic mass is 10.1. The zero-order valence-corrected chi connectivity index (χ0v) is 17.0. The van der Waals surface area contributed by atoms with E-state index in [9.17, 15) is 36.3 Å². The summed E-state index contributed by atoms with van der Waals surface area (Å²) in [6.07, 6.45) is -5.02. The van der Waals surface area contributed by atoms with Crippen LogP contribution in [0.15, 0.2) is 23.1 Å². The third kappa shape index (κ3) is 6.84. The highest BCUT2D eigenvalue weighted by Gasteiger charge is 2.55. The molecule has 0 bridgehead atoms. The third-order valence-corrected chi connectivity index (χ3v) is 5.42. The van der Waals surface area contributed by atoms with Crippen molar-refractivity contribution in [2.75, 3.05) is 18.5 Å². The molecule has 0 aliphatic rings. The van der Waals surface area contributed by atoms with Gasteiger partial charge >= 0.3 is 12.1 Å². The Hall–Kier alpha value is -1.89. The van der Waals surface area contributed by atoms with Gasteiger partial charge in [-0.05, 0) is 38.5 Å². The van der Waals surface area contributed by atoms with E-state index >= 15 is 0 Å². The highest BCUT2D eigenvalue weighted by molar-refractivity contribution is 7.89. The molecule has 1 aromatic carbocycles. The van der Waals surface area contributed by atoms with Crippen LogP contribution in [0.5, 0.6) is 0 Å². The van der Waals surface area contributed by atoms with Gasteiger partial charge in [0.1, 0.15) is 0 Å². The number of ether oxygens (including phenoxy) is 1. The van der Waals surface area contributed by atoms with Crippen molar-refractivity contribution < 1.29 is 41.0 Å². The van der Waals surface area contributed by atoms with Gasteiger partial charge in [0, 0.05) is 13.0 Å². The zero-order valence-electron chi connectivity index (χ0n) is 15.5. The lowest BCUT2D eigenvalue weighted by Gasteiger charge is -2.25. The molecule has 1 amide bonds. The SMILES string of the molecule is CCOC(=O)CCCNS(=O)(=O)c1ccc(NC(=O)[C@@](C)(O)C(F)(F)F)c(Cl)c1. The number of amides is 1. The quantitative estimate of drug-likeness (QED) is 0.383. The van der Waals surface area contributed by atoms with Crippen molar-refractivity contribution in [1.29, 1.82) is 0 Å². The van der Waals surface area contributed by atoms with Crippen LogP contribution in [0, 0.1) is 0 Å². The van der Waals surface area contributed by atoms with Crippen molar-refractivity contribution in [3.05, 3.63) is 23.2 Å². The Morgan fingerprint density at radius 3 is 2.41 bits per heavy atom. The minimum Gasteiger partial charge on any atom is -0.466 e. The maximum atomic E-state index is 12.7. The van der Waals surface area contributed by atoms with Crippen molar-refractivity contribution in [3.8, 4) is 0 Å². The molecule has 164 valence electrons. The summed E-state index contributed by atoms with van der Waals surface area (Å²) in [5.74, 6) is -2.25. The summed E-state index contributed by atoms with van der Waals surface area (Å²) in [6.45, 7) is 2.06. The topological polar surface area (TPSA) is 122 Å². The average Bonchev–Trinajstić information content (AvgIpc) is 2.59. The van der Waals surface area contributed by atoms with Crippen LogP contribution in [0.4, 0.5) is 18.9 Å². The number of nitrogens with one attached hydrogen (secondary N) is 2. The molecule has 29 heavy (non-hydrogen) atoms. The van der Waals surface area contributed by atoms with Gasteiger partial charge in [0.05, 0.1) is 22.2 Å². The van der Waals surface area contributed by atoms with Gasteiger partial charge in [-0.15, -0.1) is 0 Å². The second-order valence-electron chi connectivity index (χ2n) is 5.97. The van der Waals surface area contributed by atoms with Gasteiger partial charge in [-0.25, -0.2) is 13.1 Å². The van der Waals surface area contributed by atoms with Crippen molar-refractivity contribution in [2.45, 2.75) is 43.4 Å². The highest BCUT2D eigenvalue weighted by atomic mass is 35.5. The Morgan fingerprint density at radius 1 is 1.28 bits per heavy atom. The van der Waals surface area contributed by atoms with E-state index in [0.717, 1.165) is 18.2 Å². The van der Waals surface area contributed by atoms with Crippen molar-refractivity contribution in [3.63, 3.8) is 0 Å². The van der Waals surface area contributed by atoms with E-state index in [0.29, 0.717) is 0 Å². The molecule has 0 unspecified atom stereocenters. The minimum absolute atomic E-state index is 0.0151. The number of sulfonamides is 1. The van der Waals surface area contributed by atoms with Crippen LogP contribution in [0.2, 0.25) is 5.02 Å². The molecular weight excluding hydrogens is 441 g/mol. The first-order valence-corrected chi connectivity index (χ1v) is 10.1. The van der Waals surface area contributed by atoms with Gasteiger partial charge in [0.15, 0.2) is 0 Å². The smallest absolute Gasteiger partial charge is 0.426 e. The molecule has 0 fully saturated rings. The van der Waals surface area contributed by atoms with Gasteiger partial charge in [-0.1, -0.05) is 11.6 Å². The number of carbonyl (C=O) groups excluding carboxylic acids is 2. The summed E-state index contributed by atoms with van der Waals surface area (Å²) in [5, 5.41) is 10.8. The number of aliphatic hydroxyl groups is 1. The number of rotatable bonds is 9. The van der Waals surface area contributed by atoms with Gasteiger partial charge in [0.2, 0.25) is 15.6 Å². The highest BCUT2D eigenvalue weighted by Crippen LogP contribution is 2.32. The minimum atomic E-state index is -5.22. The number of benzene rings is 1. The van der Waals surface area contributed by atoms with Crippen LogP contribution in [0.3, 0.4) is 0 Å². The van der Waals surface area contributed by atoms with Gasteiger partial charge in [-0.2, -0.15) is 13.2 Å². The first kappa shape index (κ1) is 25.1. The number of hydrogen-bond donors (Lipinski definition) is 3. The van der Waals surface area contributed by atoms with Crippen molar-refractivity contribution in [1.82, 2.24) is 4.72 Å². The summed E-state index contributed by atoms with van der Waals surface area (Å²) in [4.78, 5) is 22.6. The average molecular weight is 461 g/mol. The first-order chi connectivity index (χ1) is 13.2. The Morgan fingerprint density at radius 2 is 1.90 bits per heavy atom. The third-order valence-electron chi connectivity index (χ3n) is 3.65. The van der Waals surface area contributed by atoms with E-state index in [-0.39, 0.29) is 48.5 Å². The van der Waals surface area contributed by atoms with Crippen molar-refractivity contribution in [2.24, 2.45) is 0 Å². The number of halogens is 4. The number of alkyl halides is 3. The lowest BCUT2D eigenvalue weighted by Crippen LogP contribution is -2.52. The van der Waals surface area contributed by atoms with Crippen LogP contribution in [-0.2, 0) is 24.3 Å². The molecule has 0 aliphatic heterocycles. The molecule has 1 rings (SSSR count). The lowest BCUT2D eigenvalue weighted by molar-refractivity contribution is -0.242. The number of hydrogen-bond acceptors (Lipinski definition) is 6. The molecule has 1 atom stereocenters. The van der Waals surface area contributed by atoms with E-state index in [4.69, 9.17) is 16.3 Å². The summed E-state index contributed by atoms with van der Waals surface area (Å²) >= 11 is 5.85. The molecule has 1 aromatic rings. The number of anilines is 1. The molecule has 0 spiro atoms. The molecule has 0 aliphatic carbocycles. The summed E-state index contributed by atoms with van der Waals surface area (Å²) in [6, 6.07) is 2.92. The Balaban J connectivity index is 2.81. The van der Waals surface area contributed by atoms with Crippen LogP contribution >= 0.6 is 11.6 Å². The van der Waals surface area contributed by atoms with Gasteiger partial charge in [-0.3, -0.25) is 9.59 Å². The van der Waals surface area contributed by atoms with E-state index < -0.39 is 33.7 Å². The molecule has 3 N–H and O–H groups in total.